The van der Waals surface area contributed by atoms with Crippen molar-refractivity contribution in [1.29, 1.82) is 5.26 Å². The van der Waals surface area contributed by atoms with Gasteiger partial charge in [-0.2, -0.15) is 5.26 Å². The maximum absolute atomic E-state index is 8.89. The number of hydrogen-bond donors (Lipinski definition) is 1. The number of nitriles is 1. The first kappa shape index (κ1) is 12.6. The van der Waals surface area contributed by atoms with Crippen LogP contribution in [0.3, 0.4) is 0 Å². The van der Waals surface area contributed by atoms with E-state index < -0.39 is 0 Å². The van der Waals surface area contributed by atoms with Gasteiger partial charge in [-0.1, -0.05) is 35.9 Å². The van der Waals surface area contributed by atoms with Crippen molar-refractivity contribution in [3.8, 4) is 17.2 Å². The molecule has 0 amide bonds. The summed E-state index contributed by atoms with van der Waals surface area (Å²) in [6, 6.07) is 15.6. The quantitative estimate of drug-likeness (QED) is 0.911. The number of halogens is 1. The highest BCUT2D eigenvalue weighted by Gasteiger charge is 2.04. The summed E-state index contributed by atoms with van der Waals surface area (Å²) in [6.45, 7) is 0.747. The van der Waals surface area contributed by atoms with Crippen LogP contribution in [0.1, 0.15) is 11.1 Å². The average molecular weight is 257 g/mol. The molecule has 0 saturated carbocycles. The van der Waals surface area contributed by atoms with Crippen LogP contribution in [0, 0.1) is 11.3 Å². The van der Waals surface area contributed by atoms with Gasteiger partial charge in [-0.15, -0.1) is 0 Å². The van der Waals surface area contributed by atoms with Gasteiger partial charge in [0.05, 0.1) is 11.6 Å². The fourth-order valence-corrected chi connectivity index (χ4v) is 2.08. The largest absolute Gasteiger partial charge is 0.316 e. The van der Waals surface area contributed by atoms with Gasteiger partial charge in [0, 0.05) is 11.6 Å². The first-order chi connectivity index (χ1) is 8.74. The second kappa shape index (κ2) is 5.68. The van der Waals surface area contributed by atoms with E-state index in [1.54, 1.807) is 6.07 Å². The summed E-state index contributed by atoms with van der Waals surface area (Å²) in [5.74, 6) is 0. The van der Waals surface area contributed by atoms with Crippen LogP contribution in [0.2, 0.25) is 5.02 Å². The lowest BCUT2D eigenvalue weighted by atomic mass is 10.0. The lowest BCUT2D eigenvalue weighted by Gasteiger charge is -2.07. The summed E-state index contributed by atoms with van der Waals surface area (Å²) >= 11 is 6.23. The highest BCUT2D eigenvalue weighted by molar-refractivity contribution is 6.31. The molecule has 2 aromatic rings. The highest BCUT2D eigenvalue weighted by atomic mass is 35.5. The Morgan fingerprint density at radius 3 is 2.61 bits per heavy atom. The van der Waals surface area contributed by atoms with Crippen LogP contribution in [0.5, 0.6) is 0 Å². The third-order valence-electron chi connectivity index (χ3n) is 2.75. The van der Waals surface area contributed by atoms with Gasteiger partial charge in [0.1, 0.15) is 0 Å². The minimum atomic E-state index is 0.655. The third-order valence-corrected chi connectivity index (χ3v) is 3.10. The molecular weight excluding hydrogens is 244 g/mol. The number of benzene rings is 2. The molecule has 90 valence electrons. The predicted octanol–water partition coefficient (Wildman–Crippen LogP) is 3.60. The van der Waals surface area contributed by atoms with Gasteiger partial charge in [0.25, 0.3) is 0 Å². The summed E-state index contributed by atoms with van der Waals surface area (Å²) in [6.07, 6.45) is 0. The lowest BCUT2D eigenvalue weighted by Crippen LogP contribution is -2.05. The van der Waals surface area contributed by atoms with E-state index in [2.05, 4.69) is 11.4 Å². The van der Waals surface area contributed by atoms with E-state index >= 15 is 0 Å². The van der Waals surface area contributed by atoms with Crippen molar-refractivity contribution in [2.45, 2.75) is 6.54 Å². The number of hydrogen-bond acceptors (Lipinski definition) is 2. The predicted molar refractivity (Wildman–Crippen MR) is 74.4 cm³/mol. The van der Waals surface area contributed by atoms with E-state index in [-0.39, 0.29) is 0 Å². The fraction of sp³-hybridized carbons (Fsp3) is 0.133. The van der Waals surface area contributed by atoms with Crippen LogP contribution in [0.15, 0.2) is 42.5 Å². The summed E-state index contributed by atoms with van der Waals surface area (Å²) in [5.41, 5.74) is 3.76. The van der Waals surface area contributed by atoms with E-state index in [1.807, 2.05) is 43.4 Å². The maximum atomic E-state index is 8.89. The average Bonchev–Trinajstić information content (AvgIpc) is 2.41. The van der Waals surface area contributed by atoms with E-state index in [0.717, 1.165) is 28.3 Å². The molecule has 0 aliphatic rings. The molecule has 2 rings (SSSR count). The highest BCUT2D eigenvalue weighted by Crippen LogP contribution is 2.26. The van der Waals surface area contributed by atoms with Gasteiger partial charge in [-0.25, -0.2) is 0 Å². The van der Waals surface area contributed by atoms with Crippen molar-refractivity contribution in [2.24, 2.45) is 0 Å². The van der Waals surface area contributed by atoms with E-state index in [9.17, 15) is 0 Å². The first-order valence-electron chi connectivity index (χ1n) is 5.68. The number of rotatable bonds is 3. The molecule has 2 nitrogen and oxygen atoms in total. The summed E-state index contributed by atoms with van der Waals surface area (Å²) in [5, 5.41) is 12.7. The fourth-order valence-electron chi connectivity index (χ4n) is 1.83. The number of nitrogens with zero attached hydrogens (tertiary/aromatic N) is 1. The minimum absolute atomic E-state index is 0.655. The summed E-state index contributed by atoms with van der Waals surface area (Å²) in [7, 11) is 1.89. The van der Waals surface area contributed by atoms with Gasteiger partial charge < -0.3 is 5.32 Å². The van der Waals surface area contributed by atoms with Crippen molar-refractivity contribution in [3.63, 3.8) is 0 Å². The zero-order valence-electron chi connectivity index (χ0n) is 10.1. The topological polar surface area (TPSA) is 35.8 Å². The van der Waals surface area contributed by atoms with Gasteiger partial charge in [-0.3, -0.25) is 0 Å². The van der Waals surface area contributed by atoms with Crippen LogP contribution in [-0.2, 0) is 6.54 Å². The zero-order chi connectivity index (χ0) is 13.0. The molecular formula is C15H13ClN2. The Kier molecular flexibility index (Phi) is 3.99. The molecule has 0 bridgehead atoms. The second-order valence-corrected chi connectivity index (χ2v) is 4.44. The molecule has 0 aromatic heterocycles. The molecule has 0 saturated heterocycles. The first-order valence-corrected chi connectivity index (χ1v) is 6.06. The molecule has 0 atom stereocenters. The van der Waals surface area contributed by atoms with Crippen molar-refractivity contribution < 1.29 is 0 Å². The van der Waals surface area contributed by atoms with E-state index in [0.29, 0.717) is 5.56 Å². The molecule has 2 aromatic carbocycles. The van der Waals surface area contributed by atoms with Crippen LogP contribution in [0.25, 0.3) is 11.1 Å². The SMILES string of the molecule is CNCc1ccc(-c2cccc(C#N)c2)cc1Cl. The summed E-state index contributed by atoms with van der Waals surface area (Å²) in [4.78, 5) is 0. The standard InChI is InChI=1S/C15H13ClN2/c1-18-10-14-6-5-13(8-15(14)16)12-4-2-3-11(7-12)9-17/h2-8,18H,10H2,1H3. The molecule has 1 N–H and O–H groups in total. The molecule has 0 fully saturated rings. The van der Waals surface area contributed by atoms with Crippen molar-refractivity contribution in [1.82, 2.24) is 5.32 Å². The molecule has 18 heavy (non-hydrogen) atoms. The Labute approximate surface area is 112 Å². The molecule has 3 heteroatoms. The van der Waals surface area contributed by atoms with Gasteiger partial charge in [0.2, 0.25) is 0 Å². The van der Waals surface area contributed by atoms with E-state index in [1.165, 1.54) is 0 Å². The minimum Gasteiger partial charge on any atom is -0.316 e. The van der Waals surface area contributed by atoms with E-state index in [4.69, 9.17) is 16.9 Å². The van der Waals surface area contributed by atoms with Crippen LogP contribution < -0.4 is 5.32 Å². The lowest BCUT2D eigenvalue weighted by molar-refractivity contribution is 0.818. The zero-order valence-corrected chi connectivity index (χ0v) is 10.8. The molecule has 0 radical (unpaired) electrons. The normalized spacial score (nSPS) is 10.1. The van der Waals surface area contributed by atoms with Gasteiger partial charge in [-0.05, 0) is 41.9 Å². The van der Waals surface area contributed by atoms with Crippen molar-refractivity contribution >= 4 is 11.6 Å². The van der Waals surface area contributed by atoms with Crippen molar-refractivity contribution in [2.75, 3.05) is 7.05 Å². The van der Waals surface area contributed by atoms with Crippen LogP contribution in [-0.4, -0.2) is 7.05 Å². The molecule has 0 aliphatic carbocycles. The molecule has 0 heterocycles. The maximum Gasteiger partial charge on any atom is 0.0991 e. The number of nitrogens with one attached hydrogen (secondary N) is 1. The Hall–Kier alpha value is -1.82. The Morgan fingerprint density at radius 2 is 1.94 bits per heavy atom. The molecule has 0 aliphatic heterocycles. The smallest absolute Gasteiger partial charge is 0.0991 e. The van der Waals surface area contributed by atoms with Crippen molar-refractivity contribution in [3.05, 3.63) is 58.6 Å². The summed E-state index contributed by atoms with van der Waals surface area (Å²) < 4.78 is 0. The Bertz CT molecular complexity index is 600. The second-order valence-electron chi connectivity index (χ2n) is 4.03. The van der Waals surface area contributed by atoms with Gasteiger partial charge >= 0.3 is 0 Å². The Balaban J connectivity index is 2.39. The van der Waals surface area contributed by atoms with Crippen LogP contribution >= 0.6 is 11.6 Å². The monoisotopic (exact) mass is 256 g/mol. The molecule has 0 unspecified atom stereocenters. The molecule has 0 spiro atoms. The van der Waals surface area contributed by atoms with Gasteiger partial charge in [0.15, 0.2) is 0 Å². The van der Waals surface area contributed by atoms with Crippen LogP contribution in [0.4, 0.5) is 0 Å². The Morgan fingerprint density at radius 1 is 1.17 bits per heavy atom. The third kappa shape index (κ3) is 2.70.